The molecular weight excluding hydrogens is 278 g/mol. The maximum atomic E-state index is 11.9. The van der Waals surface area contributed by atoms with Crippen molar-refractivity contribution in [2.24, 2.45) is 5.73 Å². The van der Waals surface area contributed by atoms with E-state index in [1.807, 2.05) is 18.2 Å². The van der Waals surface area contributed by atoms with Crippen LogP contribution in [-0.2, 0) is 4.79 Å². The van der Waals surface area contributed by atoms with Crippen LogP contribution in [0.2, 0.25) is 0 Å². The van der Waals surface area contributed by atoms with Gasteiger partial charge in [0, 0.05) is 30.6 Å². The van der Waals surface area contributed by atoms with E-state index in [0.29, 0.717) is 31.0 Å². The summed E-state index contributed by atoms with van der Waals surface area (Å²) in [6.07, 6.45) is 5.00. The molecule has 0 unspecified atom stereocenters. The highest BCUT2D eigenvalue weighted by molar-refractivity contribution is 5.94. The highest BCUT2D eigenvalue weighted by Crippen LogP contribution is 2.16. The van der Waals surface area contributed by atoms with E-state index in [4.69, 9.17) is 5.73 Å². The fraction of sp³-hybridized carbons (Fsp3) is 0.529. The zero-order valence-electron chi connectivity index (χ0n) is 12.9. The van der Waals surface area contributed by atoms with Crippen molar-refractivity contribution in [3.8, 4) is 0 Å². The maximum Gasteiger partial charge on any atom is 0.251 e. The van der Waals surface area contributed by atoms with Crippen molar-refractivity contribution < 1.29 is 9.59 Å². The molecule has 0 heterocycles. The number of carbonyl (C=O) groups excluding carboxylic acids is 2. The number of rotatable bonds is 6. The first kappa shape index (κ1) is 16.5. The van der Waals surface area contributed by atoms with E-state index in [0.717, 1.165) is 25.7 Å². The predicted octanol–water partition coefficient (Wildman–Crippen LogP) is 1.58. The first-order valence-corrected chi connectivity index (χ1v) is 8.03. The molecule has 2 rings (SSSR count). The van der Waals surface area contributed by atoms with Gasteiger partial charge in [-0.15, -0.1) is 0 Å². The average Bonchev–Trinajstić information content (AvgIpc) is 2.54. The average molecular weight is 303 g/mol. The molecule has 0 radical (unpaired) electrons. The Labute approximate surface area is 131 Å². The molecule has 2 amide bonds. The van der Waals surface area contributed by atoms with Gasteiger partial charge >= 0.3 is 0 Å². The molecule has 22 heavy (non-hydrogen) atoms. The molecule has 5 heteroatoms. The molecule has 1 aromatic carbocycles. The van der Waals surface area contributed by atoms with Gasteiger partial charge in [0.15, 0.2) is 0 Å². The van der Waals surface area contributed by atoms with Gasteiger partial charge < -0.3 is 16.4 Å². The summed E-state index contributed by atoms with van der Waals surface area (Å²) in [4.78, 5) is 23.7. The Morgan fingerprint density at radius 2 is 1.77 bits per heavy atom. The van der Waals surface area contributed by atoms with Gasteiger partial charge in [0.05, 0.1) is 0 Å². The van der Waals surface area contributed by atoms with Gasteiger partial charge in [-0.05, 0) is 44.2 Å². The topological polar surface area (TPSA) is 84.2 Å². The summed E-state index contributed by atoms with van der Waals surface area (Å²) < 4.78 is 0. The molecule has 0 spiro atoms. The van der Waals surface area contributed by atoms with E-state index in [1.165, 1.54) is 0 Å². The van der Waals surface area contributed by atoms with Crippen LogP contribution in [-0.4, -0.2) is 30.4 Å². The van der Waals surface area contributed by atoms with Crippen LogP contribution in [0.4, 0.5) is 0 Å². The quantitative estimate of drug-likeness (QED) is 0.698. The number of hydrogen-bond acceptors (Lipinski definition) is 3. The van der Waals surface area contributed by atoms with Crippen LogP contribution >= 0.6 is 0 Å². The lowest BCUT2D eigenvalue weighted by Crippen LogP contribution is -2.40. The second-order valence-electron chi connectivity index (χ2n) is 5.90. The standard InChI is InChI=1S/C17H25N3O2/c18-14-8-10-15(11-9-14)20-16(21)7-4-12-19-17(22)13-5-2-1-3-6-13/h1-3,5-6,14-15H,4,7-12,18H2,(H,19,22)(H,20,21). The number of nitrogens with one attached hydrogen (secondary N) is 2. The minimum absolute atomic E-state index is 0.0643. The number of amides is 2. The Kier molecular flexibility index (Phi) is 6.40. The Bertz CT molecular complexity index is 482. The van der Waals surface area contributed by atoms with E-state index in [1.54, 1.807) is 12.1 Å². The fourth-order valence-corrected chi connectivity index (χ4v) is 2.71. The summed E-state index contributed by atoms with van der Waals surface area (Å²) in [5.41, 5.74) is 6.49. The van der Waals surface area contributed by atoms with E-state index < -0.39 is 0 Å². The minimum Gasteiger partial charge on any atom is -0.353 e. The molecule has 0 atom stereocenters. The lowest BCUT2D eigenvalue weighted by atomic mass is 9.92. The smallest absolute Gasteiger partial charge is 0.251 e. The van der Waals surface area contributed by atoms with E-state index >= 15 is 0 Å². The lowest BCUT2D eigenvalue weighted by molar-refractivity contribution is -0.122. The van der Waals surface area contributed by atoms with E-state index in [9.17, 15) is 9.59 Å². The van der Waals surface area contributed by atoms with Crippen LogP contribution in [0, 0.1) is 0 Å². The van der Waals surface area contributed by atoms with Gasteiger partial charge in [0.1, 0.15) is 0 Å². The third kappa shape index (κ3) is 5.48. The molecule has 4 N–H and O–H groups in total. The van der Waals surface area contributed by atoms with Gasteiger partial charge in [-0.2, -0.15) is 0 Å². The van der Waals surface area contributed by atoms with Crippen molar-refractivity contribution in [2.45, 2.75) is 50.6 Å². The van der Waals surface area contributed by atoms with Crippen LogP contribution in [0.25, 0.3) is 0 Å². The van der Waals surface area contributed by atoms with Gasteiger partial charge in [0.25, 0.3) is 5.91 Å². The fourth-order valence-electron chi connectivity index (χ4n) is 2.71. The molecule has 120 valence electrons. The monoisotopic (exact) mass is 303 g/mol. The van der Waals surface area contributed by atoms with Crippen LogP contribution in [0.1, 0.15) is 48.9 Å². The molecule has 0 saturated heterocycles. The summed E-state index contributed by atoms with van der Waals surface area (Å²) in [5.74, 6) is -0.0308. The zero-order chi connectivity index (χ0) is 15.8. The van der Waals surface area contributed by atoms with Crippen LogP contribution in [0.5, 0.6) is 0 Å². The van der Waals surface area contributed by atoms with E-state index in [-0.39, 0.29) is 17.9 Å². The van der Waals surface area contributed by atoms with Gasteiger partial charge in [0.2, 0.25) is 5.91 Å². The second-order valence-corrected chi connectivity index (χ2v) is 5.90. The Balaban J connectivity index is 1.58. The van der Waals surface area contributed by atoms with Crippen molar-refractivity contribution in [2.75, 3.05) is 6.54 Å². The first-order valence-electron chi connectivity index (χ1n) is 8.03. The summed E-state index contributed by atoms with van der Waals surface area (Å²) in [6, 6.07) is 9.65. The van der Waals surface area contributed by atoms with E-state index in [2.05, 4.69) is 10.6 Å². The molecule has 1 aliphatic rings. The van der Waals surface area contributed by atoms with Crippen molar-refractivity contribution in [1.82, 2.24) is 10.6 Å². The molecule has 5 nitrogen and oxygen atoms in total. The minimum atomic E-state index is -0.0951. The molecule has 1 fully saturated rings. The Morgan fingerprint density at radius 3 is 2.45 bits per heavy atom. The second kappa shape index (κ2) is 8.54. The molecule has 1 saturated carbocycles. The zero-order valence-corrected chi connectivity index (χ0v) is 12.9. The normalized spacial score (nSPS) is 21.1. The third-order valence-electron chi connectivity index (χ3n) is 4.04. The number of nitrogens with two attached hydrogens (primary N) is 1. The predicted molar refractivity (Wildman–Crippen MR) is 86.4 cm³/mol. The van der Waals surface area contributed by atoms with Gasteiger partial charge in [-0.25, -0.2) is 0 Å². The number of benzene rings is 1. The molecule has 1 aliphatic carbocycles. The van der Waals surface area contributed by atoms with Crippen LogP contribution in [0.3, 0.4) is 0 Å². The Hall–Kier alpha value is -1.88. The highest BCUT2D eigenvalue weighted by atomic mass is 16.2. The van der Waals surface area contributed by atoms with Crippen LogP contribution < -0.4 is 16.4 Å². The van der Waals surface area contributed by atoms with Crippen molar-refractivity contribution in [3.63, 3.8) is 0 Å². The number of carbonyl (C=O) groups is 2. The number of hydrogen-bond donors (Lipinski definition) is 3. The van der Waals surface area contributed by atoms with Crippen molar-refractivity contribution in [3.05, 3.63) is 35.9 Å². The molecule has 0 aromatic heterocycles. The van der Waals surface area contributed by atoms with Crippen molar-refractivity contribution in [1.29, 1.82) is 0 Å². The SMILES string of the molecule is NC1CCC(NC(=O)CCCNC(=O)c2ccccc2)CC1. The summed E-state index contributed by atoms with van der Waals surface area (Å²) in [5, 5.41) is 5.88. The highest BCUT2D eigenvalue weighted by Gasteiger charge is 2.19. The largest absolute Gasteiger partial charge is 0.353 e. The summed E-state index contributed by atoms with van der Waals surface area (Å²) in [7, 11) is 0. The molecule has 0 bridgehead atoms. The van der Waals surface area contributed by atoms with Gasteiger partial charge in [-0.3, -0.25) is 9.59 Å². The summed E-state index contributed by atoms with van der Waals surface area (Å²) in [6.45, 7) is 0.511. The molecule has 1 aromatic rings. The molecule has 0 aliphatic heterocycles. The lowest BCUT2D eigenvalue weighted by Gasteiger charge is -2.26. The van der Waals surface area contributed by atoms with Crippen molar-refractivity contribution >= 4 is 11.8 Å². The third-order valence-corrected chi connectivity index (χ3v) is 4.04. The molecular formula is C17H25N3O2. The summed E-state index contributed by atoms with van der Waals surface area (Å²) >= 11 is 0. The first-order chi connectivity index (χ1) is 10.6. The maximum absolute atomic E-state index is 11.9. The Morgan fingerprint density at radius 1 is 1.09 bits per heavy atom. The van der Waals surface area contributed by atoms with Gasteiger partial charge in [-0.1, -0.05) is 18.2 Å². The van der Waals surface area contributed by atoms with Crippen LogP contribution in [0.15, 0.2) is 30.3 Å².